The van der Waals surface area contributed by atoms with Gasteiger partial charge in [-0.15, -0.1) is 0 Å². The quantitative estimate of drug-likeness (QED) is 0.166. The van der Waals surface area contributed by atoms with Crippen LogP contribution in [0.4, 0.5) is 23.2 Å². The van der Waals surface area contributed by atoms with Gasteiger partial charge in [0.15, 0.2) is 0 Å². The fourth-order valence-electron chi connectivity index (χ4n) is 7.83. The largest absolute Gasteiger partial charge is 0.444 e. The van der Waals surface area contributed by atoms with Crippen molar-refractivity contribution < 1.29 is 37.4 Å². The van der Waals surface area contributed by atoms with Crippen LogP contribution in [0.5, 0.6) is 0 Å². The Labute approximate surface area is 337 Å². The molecule has 5 aromatic rings. The van der Waals surface area contributed by atoms with Crippen molar-refractivity contribution in [1.82, 2.24) is 24.0 Å². The Morgan fingerprint density at radius 2 is 1.24 bits per heavy atom. The first kappa shape index (κ1) is 40.6. The van der Waals surface area contributed by atoms with Gasteiger partial charge in [-0.05, 0) is 135 Å². The second-order valence-corrected chi connectivity index (χ2v) is 18.3. The first-order valence-electron chi connectivity index (χ1n) is 19.6. The molecule has 2 aromatic heterocycles. The van der Waals surface area contributed by atoms with Gasteiger partial charge < -0.3 is 14.2 Å². The number of aromatic nitrogens is 4. The molecule has 0 saturated carbocycles. The number of piperidine rings is 1. The van der Waals surface area contributed by atoms with Crippen molar-refractivity contribution in [2.75, 3.05) is 6.54 Å². The fourth-order valence-corrected chi connectivity index (χ4v) is 7.83. The molecule has 2 aliphatic rings. The van der Waals surface area contributed by atoms with E-state index in [1.165, 1.54) is 27.5 Å². The first-order valence-corrected chi connectivity index (χ1v) is 19.6. The maximum absolute atomic E-state index is 16.6. The molecule has 1 aliphatic carbocycles. The molecule has 2 atom stereocenters. The predicted octanol–water partition coefficient (Wildman–Crippen LogP) is 11.3. The van der Waals surface area contributed by atoms with Gasteiger partial charge >= 0.3 is 18.3 Å². The summed E-state index contributed by atoms with van der Waals surface area (Å²) < 4.78 is 53.2. The minimum atomic E-state index is -3.37. The van der Waals surface area contributed by atoms with E-state index in [2.05, 4.69) is 4.98 Å². The highest BCUT2D eigenvalue weighted by atomic mass is 19.3. The third kappa shape index (κ3) is 7.58. The summed E-state index contributed by atoms with van der Waals surface area (Å²) in [6.07, 6.45) is 1.23. The number of amides is 1. The first-order chi connectivity index (χ1) is 26.9. The molecular weight excluding hydrogens is 745 g/mol. The van der Waals surface area contributed by atoms with Crippen LogP contribution in [0.1, 0.15) is 111 Å². The maximum atomic E-state index is 16.6. The Morgan fingerprint density at radius 1 is 0.724 bits per heavy atom. The van der Waals surface area contributed by atoms with Gasteiger partial charge in [0.2, 0.25) is 0 Å². The highest BCUT2D eigenvalue weighted by molar-refractivity contribution is 5.92. The van der Waals surface area contributed by atoms with Crippen LogP contribution in [0, 0.1) is 12.8 Å². The van der Waals surface area contributed by atoms with E-state index in [-0.39, 0.29) is 17.0 Å². The minimum Gasteiger partial charge on any atom is -0.444 e. The van der Waals surface area contributed by atoms with Crippen LogP contribution in [0.2, 0.25) is 0 Å². The van der Waals surface area contributed by atoms with Gasteiger partial charge in [0.1, 0.15) is 28.5 Å². The Morgan fingerprint density at radius 3 is 1.84 bits per heavy atom. The number of fused-ring (bicyclic) bond motifs is 4. The van der Waals surface area contributed by atoms with Crippen LogP contribution < -0.4 is 0 Å². The van der Waals surface area contributed by atoms with E-state index >= 15 is 8.78 Å². The molecular formula is C45H51F2N5O6. The number of halogens is 2. The number of hydrogen-bond donors (Lipinski definition) is 0. The van der Waals surface area contributed by atoms with Crippen molar-refractivity contribution in [3.05, 3.63) is 83.6 Å². The molecule has 11 nitrogen and oxygen atoms in total. The molecule has 1 amide bonds. The van der Waals surface area contributed by atoms with Gasteiger partial charge in [-0.1, -0.05) is 37.3 Å². The molecule has 0 bridgehead atoms. The zero-order chi connectivity index (χ0) is 42.3. The van der Waals surface area contributed by atoms with Crippen LogP contribution in [0.3, 0.4) is 0 Å². The molecule has 0 spiro atoms. The number of hydrogen-bond acceptors (Lipinski definition) is 8. The summed E-state index contributed by atoms with van der Waals surface area (Å²) in [6, 6.07) is 14.4. The number of aryl methyl sites for hydroxylation is 1. The Kier molecular flexibility index (Phi) is 9.84. The zero-order valence-electron chi connectivity index (χ0n) is 35.0. The smallest absolute Gasteiger partial charge is 0.420 e. The van der Waals surface area contributed by atoms with Crippen LogP contribution >= 0.6 is 0 Å². The standard InChI is InChI=1S/C45H51F2N5O6/c1-25-13-12-20-50(39(53)56-42(3,4)5)37(25)38-49-34-19-16-28(23-35(34)52(38)41(55)58-44(9,10)11)27-14-17-30-31-18-15-29(22-33(31)45(46,47)32(30)21-27)36-24-48-26(2)51(36)40(54)57-43(6,7)8/h14-19,21-25,37H,12-13,20H2,1-11H3/t25-,37+/m1/s1. The lowest BCUT2D eigenvalue weighted by molar-refractivity contribution is -0.00153. The van der Waals surface area contributed by atoms with Gasteiger partial charge in [-0.3, -0.25) is 4.90 Å². The topological polar surface area (TPSA) is 118 Å². The minimum absolute atomic E-state index is 0.0679. The van der Waals surface area contributed by atoms with Crippen molar-refractivity contribution >= 4 is 29.3 Å². The average Bonchev–Trinajstić information content (AvgIpc) is 3.75. The number of nitrogens with zero attached hydrogens (tertiary/aromatic N) is 5. The summed E-state index contributed by atoms with van der Waals surface area (Å²) >= 11 is 0. The highest BCUT2D eigenvalue weighted by Gasteiger charge is 2.45. The molecule has 306 valence electrons. The lowest BCUT2D eigenvalue weighted by Crippen LogP contribution is -2.46. The third-order valence-electron chi connectivity index (χ3n) is 10.2. The van der Waals surface area contributed by atoms with Crippen molar-refractivity contribution in [2.24, 2.45) is 5.92 Å². The van der Waals surface area contributed by atoms with Crippen molar-refractivity contribution in [2.45, 2.75) is 118 Å². The number of carbonyl (C=O) groups is 3. The molecule has 1 aliphatic heterocycles. The molecule has 3 heterocycles. The van der Waals surface area contributed by atoms with Gasteiger partial charge in [0.05, 0.1) is 29.0 Å². The molecule has 1 fully saturated rings. The Hall–Kier alpha value is -5.59. The zero-order valence-corrected chi connectivity index (χ0v) is 35.0. The Balaban J connectivity index is 1.29. The summed E-state index contributed by atoms with van der Waals surface area (Å²) in [5.41, 5.74) is 0.795. The normalized spacial score (nSPS) is 17.8. The summed E-state index contributed by atoms with van der Waals surface area (Å²) in [5, 5.41) is 0. The van der Waals surface area contributed by atoms with E-state index in [0.29, 0.717) is 62.7 Å². The molecule has 0 N–H and O–H groups in total. The van der Waals surface area contributed by atoms with Gasteiger partial charge in [0, 0.05) is 23.2 Å². The molecule has 0 radical (unpaired) electrons. The van der Waals surface area contributed by atoms with Crippen LogP contribution in [-0.4, -0.2) is 65.6 Å². The Bertz CT molecular complexity index is 2460. The molecule has 7 rings (SSSR count). The number of carbonyl (C=O) groups excluding carboxylic acids is 3. The summed E-state index contributed by atoms with van der Waals surface area (Å²) in [5.74, 6) is -2.73. The number of imidazole rings is 2. The van der Waals surface area contributed by atoms with E-state index in [1.807, 2.05) is 6.92 Å². The van der Waals surface area contributed by atoms with Crippen molar-refractivity contribution in [3.63, 3.8) is 0 Å². The van der Waals surface area contributed by atoms with Crippen LogP contribution in [0.25, 0.3) is 44.5 Å². The van der Waals surface area contributed by atoms with E-state index in [1.54, 1.807) is 117 Å². The second-order valence-electron chi connectivity index (χ2n) is 18.3. The van der Waals surface area contributed by atoms with Gasteiger partial charge in [-0.2, -0.15) is 8.78 Å². The molecule has 58 heavy (non-hydrogen) atoms. The number of likely N-dealkylation sites (tertiary alicyclic amines) is 1. The summed E-state index contributed by atoms with van der Waals surface area (Å²) in [4.78, 5) is 51.7. The number of benzene rings is 3. The molecule has 3 aromatic carbocycles. The van der Waals surface area contributed by atoms with E-state index in [4.69, 9.17) is 19.2 Å². The number of rotatable bonds is 3. The second kappa shape index (κ2) is 14.1. The molecule has 1 saturated heterocycles. The lowest BCUT2D eigenvalue weighted by atomic mass is 9.90. The summed E-state index contributed by atoms with van der Waals surface area (Å²) in [7, 11) is 0. The van der Waals surface area contributed by atoms with Crippen LogP contribution in [0.15, 0.2) is 60.8 Å². The van der Waals surface area contributed by atoms with E-state index in [0.717, 1.165) is 12.8 Å². The highest BCUT2D eigenvalue weighted by Crippen LogP contribution is 2.53. The van der Waals surface area contributed by atoms with E-state index in [9.17, 15) is 14.4 Å². The van der Waals surface area contributed by atoms with Crippen LogP contribution in [-0.2, 0) is 20.1 Å². The predicted molar refractivity (Wildman–Crippen MR) is 217 cm³/mol. The SMILES string of the molecule is Cc1ncc(-c2ccc3c(c2)C(F)(F)c2cc(-c4ccc5nc([C@@H]6[C@H](C)CCCN6C(=O)OC(C)(C)C)n(C(=O)OC(C)(C)C)c5c4)ccc2-3)n1C(=O)OC(C)(C)C. The molecule has 13 heteroatoms. The van der Waals surface area contributed by atoms with Crippen molar-refractivity contribution in [3.8, 4) is 33.5 Å². The van der Waals surface area contributed by atoms with Gasteiger partial charge in [-0.25, -0.2) is 33.5 Å². The molecule has 0 unspecified atom stereocenters. The summed E-state index contributed by atoms with van der Waals surface area (Å²) in [6.45, 7) is 20.1. The average molecular weight is 796 g/mol. The monoisotopic (exact) mass is 795 g/mol. The van der Waals surface area contributed by atoms with Gasteiger partial charge in [0.25, 0.3) is 5.92 Å². The van der Waals surface area contributed by atoms with Crippen molar-refractivity contribution in [1.29, 1.82) is 0 Å². The number of ether oxygens (including phenoxy) is 3. The third-order valence-corrected chi connectivity index (χ3v) is 10.2. The number of alkyl halides is 2. The van der Waals surface area contributed by atoms with E-state index < -0.39 is 47.0 Å². The lowest BCUT2D eigenvalue weighted by Gasteiger charge is -2.40. The maximum Gasteiger partial charge on any atom is 0.420 e. The fraction of sp³-hybridized carbons (Fsp3) is 0.444.